The van der Waals surface area contributed by atoms with Crippen LogP contribution in [0.1, 0.15) is 24.8 Å². The third-order valence-corrected chi connectivity index (χ3v) is 4.99. The highest BCUT2D eigenvalue weighted by atomic mass is 35.5. The van der Waals surface area contributed by atoms with E-state index in [-0.39, 0.29) is 11.8 Å². The topological polar surface area (TPSA) is 52.7 Å². The van der Waals surface area contributed by atoms with Gasteiger partial charge >= 0.3 is 0 Å². The van der Waals surface area contributed by atoms with Gasteiger partial charge in [0.2, 0.25) is 11.8 Å². The van der Waals surface area contributed by atoms with Crippen LogP contribution in [0.2, 0.25) is 5.02 Å². The predicted octanol–water partition coefficient (Wildman–Crippen LogP) is 1.70. The molecule has 0 spiro atoms. The van der Waals surface area contributed by atoms with Gasteiger partial charge in [-0.1, -0.05) is 29.8 Å². The molecule has 0 bridgehead atoms. The molecule has 1 heterocycles. The molecule has 3 rings (SSSR count). The Labute approximate surface area is 147 Å². The van der Waals surface area contributed by atoms with Gasteiger partial charge in [-0.15, -0.1) is 0 Å². The first-order valence-corrected chi connectivity index (χ1v) is 9.02. The fourth-order valence-corrected chi connectivity index (χ4v) is 3.13. The van der Waals surface area contributed by atoms with Gasteiger partial charge < -0.3 is 10.2 Å². The van der Waals surface area contributed by atoms with Crippen LogP contribution in [0.4, 0.5) is 0 Å². The second kappa shape index (κ2) is 7.99. The number of piperazine rings is 1. The van der Waals surface area contributed by atoms with Gasteiger partial charge in [-0.3, -0.25) is 14.5 Å². The second-order valence-electron chi connectivity index (χ2n) is 6.58. The summed E-state index contributed by atoms with van der Waals surface area (Å²) < 4.78 is 0. The zero-order valence-electron chi connectivity index (χ0n) is 13.8. The number of nitrogens with one attached hydrogen (secondary N) is 1. The first-order valence-electron chi connectivity index (χ1n) is 8.65. The summed E-state index contributed by atoms with van der Waals surface area (Å²) in [5.41, 5.74) is 0.878. The lowest BCUT2D eigenvalue weighted by Gasteiger charge is -2.34. The summed E-state index contributed by atoms with van der Waals surface area (Å²) in [6.45, 7) is 3.85. The summed E-state index contributed by atoms with van der Waals surface area (Å²) in [6.07, 6.45) is 3.14. The SMILES string of the molecule is O=C(CCN1CCN(C(=O)Cc2ccccc2Cl)CC1)NC1CC1. The Hall–Kier alpha value is -1.59. The second-order valence-corrected chi connectivity index (χ2v) is 6.99. The van der Waals surface area contributed by atoms with E-state index < -0.39 is 0 Å². The lowest BCUT2D eigenvalue weighted by molar-refractivity contribution is -0.132. The molecule has 0 radical (unpaired) electrons. The molecule has 5 nitrogen and oxygen atoms in total. The highest BCUT2D eigenvalue weighted by Crippen LogP contribution is 2.19. The van der Waals surface area contributed by atoms with E-state index >= 15 is 0 Å². The van der Waals surface area contributed by atoms with Crippen LogP contribution in [0.3, 0.4) is 0 Å². The maximum atomic E-state index is 12.4. The molecule has 6 heteroatoms. The van der Waals surface area contributed by atoms with Crippen LogP contribution in [-0.4, -0.2) is 60.4 Å². The third kappa shape index (κ3) is 4.95. The van der Waals surface area contributed by atoms with E-state index in [1.807, 2.05) is 29.2 Å². The molecule has 0 aromatic heterocycles. The zero-order valence-corrected chi connectivity index (χ0v) is 14.6. The Kier molecular flexibility index (Phi) is 5.74. The summed E-state index contributed by atoms with van der Waals surface area (Å²) in [7, 11) is 0. The quantitative estimate of drug-likeness (QED) is 0.850. The van der Waals surface area contributed by atoms with E-state index in [0.29, 0.717) is 37.0 Å². The molecular weight excluding hydrogens is 326 g/mol. The molecule has 2 fully saturated rings. The molecule has 0 unspecified atom stereocenters. The number of hydrogen-bond acceptors (Lipinski definition) is 3. The third-order valence-electron chi connectivity index (χ3n) is 4.62. The Morgan fingerprint density at radius 1 is 1.12 bits per heavy atom. The van der Waals surface area contributed by atoms with E-state index in [1.165, 1.54) is 0 Å². The van der Waals surface area contributed by atoms with Crippen molar-refractivity contribution in [2.75, 3.05) is 32.7 Å². The summed E-state index contributed by atoms with van der Waals surface area (Å²) in [6, 6.07) is 7.91. The normalized spacial score (nSPS) is 18.5. The van der Waals surface area contributed by atoms with Gasteiger partial charge in [0.15, 0.2) is 0 Å². The number of benzene rings is 1. The first-order chi connectivity index (χ1) is 11.6. The molecule has 1 N–H and O–H groups in total. The Bertz CT molecular complexity index is 596. The van der Waals surface area contributed by atoms with Crippen molar-refractivity contribution in [1.82, 2.24) is 15.1 Å². The van der Waals surface area contributed by atoms with Gasteiger partial charge in [-0.2, -0.15) is 0 Å². The maximum Gasteiger partial charge on any atom is 0.227 e. The molecule has 24 heavy (non-hydrogen) atoms. The number of carbonyl (C=O) groups excluding carboxylic acids is 2. The van der Waals surface area contributed by atoms with Crippen LogP contribution in [0.25, 0.3) is 0 Å². The van der Waals surface area contributed by atoms with Crippen LogP contribution in [0, 0.1) is 0 Å². The van der Waals surface area contributed by atoms with Crippen molar-refractivity contribution in [2.24, 2.45) is 0 Å². The van der Waals surface area contributed by atoms with Crippen LogP contribution < -0.4 is 5.32 Å². The minimum absolute atomic E-state index is 0.120. The average molecular weight is 350 g/mol. The molecule has 1 aliphatic heterocycles. The Morgan fingerprint density at radius 2 is 1.83 bits per heavy atom. The van der Waals surface area contributed by atoms with E-state index in [0.717, 1.165) is 38.0 Å². The average Bonchev–Trinajstić information content (AvgIpc) is 3.39. The molecule has 1 saturated heterocycles. The highest BCUT2D eigenvalue weighted by Gasteiger charge is 2.24. The smallest absolute Gasteiger partial charge is 0.227 e. The fraction of sp³-hybridized carbons (Fsp3) is 0.556. The van der Waals surface area contributed by atoms with Crippen LogP contribution in [0.15, 0.2) is 24.3 Å². The molecular formula is C18H24ClN3O2. The van der Waals surface area contributed by atoms with Gasteiger partial charge in [-0.05, 0) is 24.5 Å². The Morgan fingerprint density at radius 3 is 2.50 bits per heavy atom. The molecule has 1 aromatic rings. The molecule has 2 amide bonds. The van der Waals surface area contributed by atoms with Crippen molar-refractivity contribution >= 4 is 23.4 Å². The van der Waals surface area contributed by atoms with Crippen LogP contribution in [-0.2, 0) is 16.0 Å². The van der Waals surface area contributed by atoms with Crippen molar-refractivity contribution in [2.45, 2.75) is 31.7 Å². The van der Waals surface area contributed by atoms with E-state index in [1.54, 1.807) is 0 Å². The number of hydrogen-bond donors (Lipinski definition) is 1. The van der Waals surface area contributed by atoms with Crippen molar-refractivity contribution < 1.29 is 9.59 Å². The Balaban J connectivity index is 1.38. The lowest BCUT2D eigenvalue weighted by atomic mass is 10.1. The summed E-state index contributed by atoms with van der Waals surface area (Å²) in [5.74, 6) is 0.268. The zero-order chi connectivity index (χ0) is 16.9. The molecule has 130 valence electrons. The standard InChI is InChI=1S/C18H24ClN3O2/c19-16-4-2-1-3-14(16)13-18(24)22-11-9-21(10-12-22)8-7-17(23)20-15-5-6-15/h1-4,15H,5-13H2,(H,20,23). The number of amides is 2. The summed E-state index contributed by atoms with van der Waals surface area (Å²) >= 11 is 6.12. The van der Waals surface area contributed by atoms with Crippen LogP contribution >= 0.6 is 11.6 Å². The largest absolute Gasteiger partial charge is 0.353 e. The molecule has 1 aromatic carbocycles. The monoisotopic (exact) mass is 349 g/mol. The van der Waals surface area contributed by atoms with Gasteiger partial charge in [0.05, 0.1) is 6.42 Å². The van der Waals surface area contributed by atoms with E-state index in [4.69, 9.17) is 11.6 Å². The van der Waals surface area contributed by atoms with Gasteiger partial charge in [0.25, 0.3) is 0 Å². The predicted molar refractivity (Wildman–Crippen MR) is 94.0 cm³/mol. The van der Waals surface area contributed by atoms with Gasteiger partial charge in [-0.25, -0.2) is 0 Å². The molecule has 1 aliphatic carbocycles. The fourth-order valence-electron chi connectivity index (χ4n) is 2.92. The molecule has 2 aliphatic rings. The van der Waals surface area contributed by atoms with E-state index in [2.05, 4.69) is 10.2 Å². The van der Waals surface area contributed by atoms with Crippen molar-refractivity contribution in [3.8, 4) is 0 Å². The number of rotatable bonds is 6. The first kappa shape index (κ1) is 17.2. The maximum absolute atomic E-state index is 12.4. The minimum atomic E-state index is 0.120. The summed E-state index contributed by atoms with van der Waals surface area (Å²) in [5, 5.41) is 3.65. The number of nitrogens with zero attached hydrogens (tertiary/aromatic N) is 2. The van der Waals surface area contributed by atoms with E-state index in [9.17, 15) is 9.59 Å². The van der Waals surface area contributed by atoms with Crippen molar-refractivity contribution in [3.05, 3.63) is 34.9 Å². The summed E-state index contributed by atoms with van der Waals surface area (Å²) in [4.78, 5) is 28.3. The number of halogens is 1. The van der Waals surface area contributed by atoms with Gasteiger partial charge in [0, 0.05) is 50.2 Å². The highest BCUT2D eigenvalue weighted by molar-refractivity contribution is 6.31. The van der Waals surface area contributed by atoms with Crippen molar-refractivity contribution in [1.29, 1.82) is 0 Å². The van der Waals surface area contributed by atoms with Crippen molar-refractivity contribution in [3.63, 3.8) is 0 Å². The molecule has 0 atom stereocenters. The number of carbonyl (C=O) groups is 2. The molecule has 1 saturated carbocycles. The minimum Gasteiger partial charge on any atom is -0.353 e. The van der Waals surface area contributed by atoms with Gasteiger partial charge in [0.1, 0.15) is 0 Å². The lowest BCUT2D eigenvalue weighted by Crippen LogP contribution is -2.49. The van der Waals surface area contributed by atoms with Crippen LogP contribution in [0.5, 0.6) is 0 Å².